The maximum atomic E-state index is 11.8. The second-order valence-corrected chi connectivity index (χ2v) is 5.71. The van der Waals surface area contributed by atoms with Gasteiger partial charge in [-0.15, -0.1) is 0 Å². The third kappa shape index (κ3) is 4.21. The molecule has 0 radical (unpaired) electrons. The predicted octanol–water partition coefficient (Wildman–Crippen LogP) is 0.142. The molecule has 1 saturated heterocycles. The highest BCUT2D eigenvalue weighted by Crippen LogP contribution is 2.31. The topological polar surface area (TPSA) is 169 Å². The molecular formula is C10H14N5O7P. The van der Waals surface area contributed by atoms with Crippen LogP contribution in [-0.4, -0.2) is 33.5 Å². The largest absolute Gasteiger partial charge is 0.390 e. The maximum Gasteiger partial charge on any atom is 0.373 e. The number of aliphatic hydroxyl groups excluding tert-OH is 1. The van der Waals surface area contributed by atoms with Gasteiger partial charge in [0, 0.05) is 23.1 Å². The van der Waals surface area contributed by atoms with Crippen molar-refractivity contribution in [1.29, 1.82) is 0 Å². The normalized spacial score (nSPS) is 24.9. The van der Waals surface area contributed by atoms with E-state index in [1.54, 1.807) is 0 Å². The van der Waals surface area contributed by atoms with Crippen molar-refractivity contribution in [3.05, 3.63) is 43.0 Å². The molecule has 12 nitrogen and oxygen atoms in total. The molecule has 1 aliphatic heterocycles. The minimum atomic E-state index is -3.04. The molecule has 13 heteroatoms. The van der Waals surface area contributed by atoms with E-state index < -0.39 is 37.9 Å². The van der Waals surface area contributed by atoms with Gasteiger partial charge in [0.1, 0.15) is 17.6 Å². The average Bonchev–Trinajstić information content (AvgIpc) is 2.87. The Labute approximate surface area is 129 Å². The number of H-pyrrole nitrogens is 1. The van der Waals surface area contributed by atoms with Gasteiger partial charge in [0.2, 0.25) is 0 Å². The number of ether oxygens (including phenoxy) is 1. The van der Waals surface area contributed by atoms with E-state index in [1.165, 1.54) is 13.1 Å². The van der Waals surface area contributed by atoms with Crippen molar-refractivity contribution >= 4 is 8.25 Å². The number of aromatic nitrogens is 2. The first-order chi connectivity index (χ1) is 10.9. The fourth-order valence-electron chi connectivity index (χ4n) is 2.06. The highest BCUT2D eigenvalue weighted by molar-refractivity contribution is 7.33. The van der Waals surface area contributed by atoms with Crippen LogP contribution in [0.15, 0.2) is 21.1 Å². The van der Waals surface area contributed by atoms with Crippen LogP contribution in [0.2, 0.25) is 0 Å². The second kappa shape index (κ2) is 7.44. The predicted molar refractivity (Wildman–Crippen MR) is 75.8 cm³/mol. The van der Waals surface area contributed by atoms with Crippen molar-refractivity contribution < 1.29 is 23.6 Å². The fourth-order valence-corrected chi connectivity index (χ4v) is 2.52. The first-order valence-corrected chi connectivity index (χ1v) is 7.68. The molecule has 2 N–H and O–H groups in total. The molecule has 4 atom stereocenters. The lowest BCUT2D eigenvalue weighted by Gasteiger charge is -2.16. The minimum absolute atomic E-state index is 0.0809. The van der Waals surface area contributed by atoms with Crippen LogP contribution in [0.25, 0.3) is 10.4 Å². The van der Waals surface area contributed by atoms with E-state index in [1.807, 2.05) is 0 Å². The number of aromatic amines is 1. The fraction of sp³-hybridized carbons (Fsp3) is 0.600. The summed E-state index contributed by atoms with van der Waals surface area (Å²) in [4.78, 5) is 27.5. The van der Waals surface area contributed by atoms with Crippen LogP contribution in [0.3, 0.4) is 0 Å². The zero-order valence-electron chi connectivity index (χ0n) is 11.9. The van der Waals surface area contributed by atoms with Crippen molar-refractivity contribution in [2.24, 2.45) is 5.28 Å². The van der Waals surface area contributed by atoms with Crippen LogP contribution in [0.1, 0.15) is 18.2 Å². The van der Waals surface area contributed by atoms with Crippen LogP contribution in [0, 0.1) is 6.92 Å². The Kier molecular flexibility index (Phi) is 5.59. The summed E-state index contributed by atoms with van der Waals surface area (Å²) in [6.07, 6.45) is -1.23. The number of aryl methyl sites for hydroxylation is 1. The molecular weight excluding hydrogens is 333 g/mol. The van der Waals surface area contributed by atoms with Gasteiger partial charge in [-0.1, -0.05) is 0 Å². The average molecular weight is 347 g/mol. The van der Waals surface area contributed by atoms with E-state index in [4.69, 9.17) is 14.8 Å². The molecule has 1 aliphatic rings. The van der Waals surface area contributed by atoms with E-state index >= 15 is 0 Å². The molecule has 1 aromatic rings. The number of hydrogen-bond donors (Lipinski definition) is 2. The van der Waals surface area contributed by atoms with Crippen LogP contribution < -0.4 is 11.2 Å². The lowest BCUT2D eigenvalue weighted by Crippen LogP contribution is -2.33. The molecule has 0 bridgehead atoms. The molecule has 1 unspecified atom stereocenters. The van der Waals surface area contributed by atoms with Gasteiger partial charge in [-0.25, -0.2) is 9.36 Å². The van der Waals surface area contributed by atoms with Gasteiger partial charge >= 0.3 is 13.9 Å². The van der Waals surface area contributed by atoms with Crippen molar-refractivity contribution in [2.75, 3.05) is 6.61 Å². The number of nitrogens with one attached hydrogen (secondary N) is 1. The van der Waals surface area contributed by atoms with E-state index in [2.05, 4.69) is 19.8 Å². The minimum Gasteiger partial charge on any atom is -0.390 e. The van der Waals surface area contributed by atoms with Gasteiger partial charge in [0.25, 0.3) is 5.56 Å². The Morgan fingerprint density at radius 3 is 3.09 bits per heavy atom. The van der Waals surface area contributed by atoms with Crippen LogP contribution >= 0.6 is 8.25 Å². The number of rotatable bonds is 6. The summed E-state index contributed by atoms with van der Waals surface area (Å²) >= 11 is 0. The smallest absolute Gasteiger partial charge is 0.373 e. The lowest BCUT2D eigenvalue weighted by molar-refractivity contribution is -0.0420. The van der Waals surface area contributed by atoms with Crippen molar-refractivity contribution in [1.82, 2.24) is 9.55 Å². The summed E-state index contributed by atoms with van der Waals surface area (Å²) in [6, 6.07) is 0. The van der Waals surface area contributed by atoms with E-state index in [-0.39, 0.29) is 13.0 Å². The van der Waals surface area contributed by atoms with Crippen molar-refractivity contribution in [3.63, 3.8) is 0 Å². The molecule has 2 heterocycles. The maximum absolute atomic E-state index is 11.8. The summed E-state index contributed by atoms with van der Waals surface area (Å²) in [5, 5.41) is 12.6. The molecule has 0 saturated carbocycles. The summed E-state index contributed by atoms with van der Waals surface area (Å²) in [7, 11) is -3.04. The molecule has 2 rings (SSSR count). The molecule has 1 aromatic heterocycles. The van der Waals surface area contributed by atoms with Gasteiger partial charge in [0.05, 0.1) is 12.7 Å². The molecule has 0 aliphatic carbocycles. The van der Waals surface area contributed by atoms with E-state index in [0.29, 0.717) is 5.56 Å². The molecule has 1 fully saturated rings. The Bertz CT molecular complexity index is 755. The second-order valence-electron chi connectivity index (χ2n) is 4.73. The van der Waals surface area contributed by atoms with E-state index in [9.17, 15) is 19.3 Å². The molecule has 0 amide bonds. The van der Waals surface area contributed by atoms with Crippen LogP contribution in [-0.2, 0) is 18.5 Å². The van der Waals surface area contributed by atoms with Gasteiger partial charge in [-0.2, -0.15) is 0 Å². The van der Waals surface area contributed by atoms with Gasteiger partial charge in [-0.05, 0) is 12.5 Å². The Morgan fingerprint density at radius 1 is 1.65 bits per heavy atom. The molecule has 0 spiro atoms. The summed E-state index contributed by atoms with van der Waals surface area (Å²) in [6.45, 7) is 1.24. The summed E-state index contributed by atoms with van der Waals surface area (Å²) in [5.41, 5.74) is 7.15. The Balaban J connectivity index is 2.02. The first kappa shape index (κ1) is 17.3. The van der Waals surface area contributed by atoms with Crippen molar-refractivity contribution in [3.8, 4) is 0 Å². The Morgan fingerprint density at radius 2 is 2.39 bits per heavy atom. The molecule has 0 aromatic carbocycles. The van der Waals surface area contributed by atoms with Crippen LogP contribution in [0.4, 0.5) is 0 Å². The van der Waals surface area contributed by atoms with Gasteiger partial charge in [0.15, 0.2) is 0 Å². The highest BCUT2D eigenvalue weighted by Gasteiger charge is 2.36. The zero-order valence-corrected chi connectivity index (χ0v) is 12.9. The molecule has 23 heavy (non-hydrogen) atoms. The SMILES string of the molecule is Cc1cn([C@H]2C[C@H](O)[C@@H](CO[PH](=O)ON=[N+]=[N-])O2)c(=O)[nH]c1=O. The Hall–Kier alpha value is -2.10. The number of hydrogen-bond acceptors (Lipinski definition) is 8. The number of nitrogens with zero attached hydrogens (tertiary/aromatic N) is 4. The third-order valence-electron chi connectivity index (χ3n) is 3.18. The standard InChI is InChI=1S/C10H14N5O7P/c1-5-3-15(10(18)12-9(5)17)8-2-6(16)7(21-8)4-20-23(19)22-14-13-11/h3,6-8,16,23H,2,4H2,1H3,(H,12,17,18)/t6-,7+,8+/m0/s1. The number of azide groups is 1. The summed E-state index contributed by atoms with van der Waals surface area (Å²) in [5.74, 6) is 0. The lowest BCUT2D eigenvalue weighted by atomic mass is 10.2. The third-order valence-corrected chi connectivity index (χ3v) is 3.81. The van der Waals surface area contributed by atoms with Gasteiger partial charge in [-0.3, -0.25) is 18.9 Å². The van der Waals surface area contributed by atoms with Gasteiger partial charge < -0.3 is 14.5 Å². The van der Waals surface area contributed by atoms with E-state index in [0.717, 1.165) is 4.57 Å². The monoisotopic (exact) mass is 347 g/mol. The molecule has 126 valence electrons. The zero-order chi connectivity index (χ0) is 17.0. The quantitative estimate of drug-likeness (QED) is 0.242. The first-order valence-electron chi connectivity index (χ1n) is 6.46. The van der Waals surface area contributed by atoms with Crippen molar-refractivity contribution in [2.45, 2.75) is 31.8 Å². The number of aliphatic hydroxyl groups is 1. The summed E-state index contributed by atoms with van der Waals surface area (Å²) < 4.78 is 26.8. The highest BCUT2D eigenvalue weighted by atomic mass is 31.1. The van der Waals surface area contributed by atoms with Crippen LogP contribution in [0.5, 0.6) is 0 Å².